The van der Waals surface area contributed by atoms with Gasteiger partial charge in [0.15, 0.2) is 5.13 Å². The highest BCUT2D eigenvalue weighted by atomic mass is 32.1. The van der Waals surface area contributed by atoms with Gasteiger partial charge < -0.3 is 10.4 Å². The fourth-order valence-electron chi connectivity index (χ4n) is 1.50. The molecule has 1 heterocycles. The third-order valence-corrected chi connectivity index (χ3v) is 3.26. The molecule has 0 atom stereocenters. The van der Waals surface area contributed by atoms with Crippen LogP contribution in [-0.4, -0.2) is 16.1 Å². The van der Waals surface area contributed by atoms with Crippen molar-refractivity contribution in [3.63, 3.8) is 0 Å². The average Bonchev–Trinajstić information content (AvgIpc) is 2.78. The van der Waals surface area contributed by atoms with Gasteiger partial charge in [0.2, 0.25) is 0 Å². The molecule has 0 spiro atoms. The van der Waals surface area contributed by atoms with Gasteiger partial charge in [-0.3, -0.25) is 0 Å². The number of aromatic carboxylic acids is 1. The zero-order valence-corrected chi connectivity index (χ0v) is 10.1. The van der Waals surface area contributed by atoms with Crippen molar-refractivity contribution >= 4 is 28.1 Å². The van der Waals surface area contributed by atoms with Crippen molar-refractivity contribution in [1.29, 1.82) is 0 Å². The molecule has 1 aromatic heterocycles. The number of nitrogens with zero attached hydrogens (tertiary/aromatic N) is 1. The van der Waals surface area contributed by atoms with Gasteiger partial charge in [-0.25, -0.2) is 9.78 Å². The standard InChI is InChI=1S/C12H12N2O2S/c1-2-8-5-3-4-6-9(8)14-12-13-7-10(17-12)11(15)16/h3-7H,2H2,1H3,(H,13,14)(H,15,16). The van der Waals surface area contributed by atoms with E-state index in [-0.39, 0.29) is 4.88 Å². The maximum absolute atomic E-state index is 10.7. The van der Waals surface area contributed by atoms with Gasteiger partial charge in [0.05, 0.1) is 6.20 Å². The van der Waals surface area contributed by atoms with Gasteiger partial charge in [0.25, 0.3) is 0 Å². The first-order valence-electron chi connectivity index (χ1n) is 5.24. The minimum atomic E-state index is -0.945. The summed E-state index contributed by atoms with van der Waals surface area (Å²) < 4.78 is 0. The van der Waals surface area contributed by atoms with Gasteiger partial charge in [-0.2, -0.15) is 0 Å². The largest absolute Gasteiger partial charge is 0.477 e. The molecule has 0 aliphatic heterocycles. The number of nitrogens with one attached hydrogen (secondary N) is 1. The monoisotopic (exact) mass is 248 g/mol. The lowest BCUT2D eigenvalue weighted by Gasteiger charge is -2.07. The molecule has 2 rings (SSSR count). The number of benzene rings is 1. The number of rotatable bonds is 4. The number of carboxylic acid groups (broad SMARTS) is 1. The maximum atomic E-state index is 10.7. The zero-order valence-electron chi connectivity index (χ0n) is 9.30. The van der Waals surface area contributed by atoms with Crippen molar-refractivity contribution < 1.29 is 9.90 Å². The number of hydrogen-bond donors (Lipinski definition) is 2. The van der Waals surface area contributed by atoms with E-state index >= 15 is 0 Å². The summed E-state index contributed by atoms with van der Waals surface area (Å²) in [5.41, 5.74) is 2.15. The number of carboxylic acids is 1. The molecule has 0 saturated heterocycles. The second-order valence-corrected chi connectivity index (χ2v) is 4.50. The van der Waals surface area contributed by atoms with Crippen LogP contribution in [0.2, 0.25) is 0 Å². The number of hydrogen-bond acceptors (Lipinski definition) is 4. The molecule has 0 unspecified atom stereocenters. The molecule has 4 nitrogen and oxygen atoms in total. The van der Waals surface area contributed by atoms with E-state index in [0.717, 1.165) is 23.4 Å². The SMILES string of the molecule is CCc1ccccc1Nc1ncc(C(=O)O)s1. The molecule has 0 bridgehead atoms. The van der Waals surface area contributed by atoms with Crippen LogP contribution < -0.4 is 5.32 Å². The summed E-state index contributed by atoms with van der Waals surface area (Å²) in [6, 6.07) is 7.91. The van der Waals surface area contributed by atoms with Crippen LogP contribution in [0, 0.1) is 0 Å². The summed E-state index contributed by atoms with van der Waals surface area (Å²) in [6.45, 7) is 2.07. The third-order valence-electron chi connectivity index (χ3n) is 2.36. The van der Waals surface area contributed by atoms with Crippen LogP contribution >= 0.6 is 11.3 Å². The minimum Gasteiger partial charge on any atom is -0.477 e. The Morgan fingerprint density at radius 1 is 1.47 bits per heavy atom. The molecule has 2 N–H and O–H groups in total. The van der Waals surface area contributed by atoms with Gasteiger partial charge >= 0.3 is 5.97 Å². The molecule has 0 amide bonds. The minimum absolute atomic E-state index is 0.237. The van der Waals surface area contributed by atoms with E-state index in [4.69, 9.17) is 5.11 Å². The highest BCUT2D eigenvalue weighted by Gasteiger charge is 2.09. The first-order valence-corrected chi connectivity index (χ1v) is 6.06. The molecule has 88 valence electrons. The summed E-state index contributed by atoms with van der Waals surface area (Å²) >= 11 is 1.13. The molecule has 0 aliphatic rings. The number of para-hydroxylation sites is 1. The predicted octanol–water partition coefficient (Wildman–Crippen LogP) is 3.15. The Balaban J connectivity index is 2.22. The first-order chi connectivity index (χ1) is 8.20. The number of aryl methyl sites for hydroxylation is 1. The molecule has 1 aromatic carbocycles. The molecule has 0 saturated carbocycles. The van der Waals surface area contributed by atoms with Crippen LogP contribution in [-0.2, 0) is 6.42 Å². The number of anilines is 2. The van der Waals surface area contributed by atoms with Crippen LogP contribution in [0.1, 0.15) is 22.2 Å². The summed E-state index contributed by atoms with van der Waals surface area (Å²) in [7, 11) is 0. The molecule has 0 radical (unpaired) electrons. The van der Waals surface area contributed by atoms with Crippen LogP contribution in [0.4, 0.5) is 10.8 Å². The number of carbonyl (C=O) groups is 1. The van der Waals surface area contributed by atoms with Crippen molar-refractivity contribution in [3.05, 3.63) is 40.9 Å². The van der Waals surface area contributed by atoms with Gasteiger partial charge in [-0.1, -0.05) is 36.5 Å². The summed E-state index contributed by atoms with van der Waals surface area (Å²) in [5.74, 6) is -0.945. The lowest BCUT2D eigenvalue weighted by atomic mass is 10.1. The van der Waals surface area contributed by atoms with Crippen molar-refractivity contribution in [2.45, 2.75) is 13.3 Å². The van der Waals surface area contributed by atoms with Crippen molar-refractivity contribution in [1.82, 2.24) is 4.98 Å². The van der Waals surface area contributed by atoms with E-state index in [1.165, 1.54) is 11.8 Å². The topological polar surface area (TPSA) is 62.2 Å². The second kappa shape index (κ2) is 4.97. The van der Waals surface area contributed by atoms with Crippen LogP contribution in [0.25, 0.3) is 0 Å². The van der Waals surface area contributed by atoms with E-state index in [1.54, 1.807) is 0 Å². The molecule has 5 heteroatoms. The van der Waals surface area contributed by atoms with E-state index in [0.29, 0.717) is 5.13 Å². The van der Waals surface area contributed by atoms with Crippen molar-refractivity contribution in [2.24, 2.45) is 0 Å². The Morgan fingerprint density at radius 2 is 2.24 bits per heavy atom. The van der Waals surface area contributed by atoms with Crippen LogP contribution in [0.3, 0.4) is 0 Å². The Bertz CT molecular complexity index is 537. The number of aromatic nitrogens is 1. The Labute approximate surface area is 103 Å². The summed E-state index contributed by atoms with van der Waals surface area (Å²) in [4.78, 5) is 15.0. The molecule has 2 aromatic rings. The summed E-state index contributed by atoms with van der Waals surface area (Å²) in [5, 5.41) is 12.6. The van der Waals surface area contributed by atoms with Crippen molar-refractivity contribution in [2.75, 3.05) is 5.32 Å². The maximum Gasteiger partial charge on any atom is 0.347 e. The van der Waals surface area contributed by atoms with Gasteiger partial charge in [0.1, 0.15) is 4.88 Å². The smallest absolute Gasteiger partial charge is 0.347 e. The highest BCUT2D eigenvalue weighted by molar-refractivity contribution is 7.17. The van der Waals surface area contributed by atoms with Gasteiger partial charge in [0, 0.05) is 5.69 Å². The third kappa shape index (κ3) is 2.62. The van der Waals surface area contributed by atoms with E-state index in [1.807, 2.05) is 24.3 Å². The van der Waals surface area contributed by atoms with E-state index in [9.17, 15) is 4.79 Å². The van der Waals surface area contributed by atoms with Gasteiger partial charge in [-0.05, 0) is 18.1 Å². The van der Waals surface area contributed by atoms with Crippen molar-refractivity contribution in [3.8, 4) is 0 Å². The molecule has 0 aliphatic carbocycles. The summed E-state index contributed by atoms with van der Waals surface area (Å²) in [6.07, 6.45) is 2.28. The lowest BCUT2D eigenvalue weighted by Crippen LogP contribution is -1.93. The Morgan fingerprint density at radius 3 is 2.88 bits per heavy atom. The van der Waals surface area contributed by atoms with Crippen LogP contribution in [0.5, 0.6) is 0 Å². The normalized spacial score (nSPS) is 10.2. The van der Waals surface area contributed by atoms with E-state index in [2.05, 4.69) is 17.2 Å². The molecule has 0 fully saturated rings. The average molecular weight is 248 g/mol. The zero-order chi connectivity index (χ0) is 12.3. The fraction of sp³-hybridized carbons (Fsp3) is 0.167. The quantitative estimate of drug-likeness (QED) is 0.872. The Hall–Kier alpha value is -1.88. The molecular weight excluding hydrogens is 236 g/mol. The molecular formula is C12H12N2O2S. The second-order valence-electron chi connectivity index (χ2n) is 3.47. The van der Waals surface area contributed by atoms with Crippen LogP contribution in [0.15, 0.2) is 30.5 Å². The van der Waals surface area contributed by atoms with Gasteiger partial charge in [-0.15, -0.1) is 0 Å². The Kier molecular flexibility index (Phi) is 3.39. The van der Waals surface area contributed by atoms with E-state index < -0.39 is 5.97 Å². The predicted molar refractivity (Wildman–Crippen MR) is 68.2 cm³/mol. The lowest BCUT2D eigenvalue weighted by molar-refractivity contribution is 0.0702. The first kappa shape index (κ1) is 11.6. The molecule has 17 heavy (non-hydrogen) atoms. The highest BCUT2D eigenvalue weighted by Crippen LogP contribution is 2.25. The number of thiazole rings is 1. The fourth-order valence-corrected chi connectivity index (χ4v) is 2.16.